The summed E-state index contributed by atoms with van der Waals surface area (Å²) in [5.74, 6) is 0.190. The van der Waals surface area contributed by atoms with E-state index in [0.717, 1.165) is 24.2 Å². The van der Waals surface area contributed by atoms with E-state index in [0.29, 0.717) is 6.42 Å². The number of anilines is 1. The van der Waals surface area contributed by atoms with Gasteiger partial charge in [0.15, 0.2) is 0 Å². The van der Waals surface area contributed by atoms with E-state index in [-0.39, 0.29) is 23.9 Å². The molecular formula is C15H14N2O2S2. The van der Waals surface area contributed by atoms with Gasteiger partial charge in [0.2, 0.25) is 5.91 Å². The fourth-order valence-electron chi connectivity index (χ4n) is 3.38. The van der Waals surface area contributed by atoms with Crippen LogP contribution in [0.15, 0.2) is 33.7 Å². The normalized spacial score (nSPS) is 24.7. The van der Waals surface area contributed by atoms with Gasteiger partial charge in [-0.15, -0.1) is 0 Å². The zero-order chi connectivity index (χ0) is 14.4. The second kappa shape index (κ2) is 4.96. The molecule has 0 spiro atoms. The third-order valence-electron chi connectivity index (χ3n) is 4.31. The molecule has 2 aromatic rings. The summed E-state index contributed by atoms with van der Waals surface area (Å²) in [5.41, 5.74) is 1.71. The maximum absolute atomic E-state index is 12.6. The molecule has 2 fully saturated rings. The van der Waals surface area contributed by atoms with Crippen molar-refractivity contribution in [3.63, 3.8) is 0 Å². The molecule has 21 heavy (non-hydrogen) atoms. The minimum atomic E-state index is 0.0183. The highest BCUT2D eigenvalue weighted by Gasteiger charge is 2.49. The van der Waals surface area contributed by atoms with Crippen LogP contribution in [0, 0.1) is 0 Å². The van der Waals surface area contributed by atoms with E-state index in [1.54, 1.807) is 11.3 Å². The predicted octanol–water partition coefficient (Wildman–Crippen LogP) is 2.83. The van der Waals surface area contributed by atoms with Crippen molar-refractivity contribution in [3.8, 4) is 0 Å². The monoisotopic (exact) mass is 318 g/mol. The number of thiophene rings is 2. The van der Waals surface area contributed by atoms with Gasteiger partial charge < -0.3 is 9.80 Å². The number of carbonyl (C=O) groups excluding carboxylic acids is 2. The molecule has 0 aliphatic carbocycles. The summed E-state index contributed by atoms with van der Waals surface area (Å²) in [4.78, 5) is 28.7. The Labute approximate surface area is 130 Å². The lowest BCUT2D eigenvalue weighted by Crippen LogP contribution is -2.39. The van der Waals surface area contributed by atoms with Crippen LogP contribution in [0.3, 0.4) is 0 Å². The van der Waals surface area contributed by atoms with Crippen LogP contribution >= 0.6 is 22.7 Å². The molecule has 0 N–H and O–H groups in total. The molecule has 2 aromatic heterocycles. The summed E-state index contributed by atoms with van der Waals surface area (Å²) >= 11 is 3.12. The van der Waals surface area contributed by atoms with Crippen LogP contribution in [0.25, 0.3) is 0 Å². The van der Waals surface area contributed by atoms with Gasteiger partial charge in [-0.2, -0.15) is 22.7 Å². The van der Waals surface area contributed by atoms with Crippen molar-refractivity contribution >= 4 is 40.2 Å². The van der Waals surface area contributed by atoms with Gasteiger partial charge >= 0.3 is 0 Å². The largest absolute Gasteiger partial charge is 0.333 e. The molecular weight excluding hydrogens is 304 g/mol. The lowest BCUT2D eigenvalue weighted by atomic mass is 10.1. The van der Waals surface area contributed by atoms with Crippen molar-refractivity contribution in [1.82, 2.24) is 4.90 Å². The lowest BCUT2D eigenvalue weighted by Gasteiger charge is -2.24. The highest BCUT2D eigenvalue weighted by Crippen LogP contribution is 2.37. The van der Waals surface area contributed by atoms with E-state index in [1.807, 2.05) is 43.5 Å². The van der Waals surface area contributed by atoms with Gasteiger partial charge in [0.1, 0.15) is 0 Å². The summed E-state index contributed by atoms with van der Waals surface area (Å²) < 4.78 is 0. The van der Waals surface area contributed by atoms with E-state index in [4.69, 9.17) is 0 Å². The summed E-state index contributed by atoms with van der Waals surface area (Å²) in [6.07, 6.45) is 1.30. The minimum absolute atomic E-state index is 0.0183. The van der Waals surface area contributed by atoms with E-state index in [9.17, 15) is 9.59 Å². The van der Waals surface area contributed by atoms with Crippen LogP contribution < -0.4 is 4.90 Å². The number of likely N-dealkylation sites (tertiary alicyclic amines) is 1. The third kappa shape index (κ3) is 2.01. The molecule has 2 aliphatic rings. The first-order valence-electron chi connectivity index (χ1n) is 6.93. The first kappa shape index (κ1) is 13.0. The molecule has 108 valence electrons. The summed E-state index contributed by atoms with van der Waals surface area (Å²) in [6, 6.07) is 3.99. The third-order valence-corrected chi connectivity index (χ3v) is 5.66. The van der Waals surface area contributed by atoms with Gasteiger partial charge in [-0.25, -0.2) is 0 Å². The fraction of sp³-hybridized carbons (Fsp3) is 0.333. The SMILES string of the molecule is O=C(c1ccsc1)N1CC[C@H]2[C@H]1CC(=O)N2c1ccsc1. The van der Waals surface area contributed by atoms with E-state index >= 15 is 0 Å². The number of nitrogens with zero attached hydrogens (tertiary/aromatic N) is 2. The Morgan fingerprint density at radius 3 is 2.67 bits per heavy atom. The Morgan fingerprint density at radius 1 is 1.14 bits per heavy atom. The first-order valence-corrected chi connectivity index (χ1v) is 8.81. The van der Waals surface area contributed by atoms with Crippen LogP contribution in [0.1, 0.15) is 23.2 Å². The van der Waals surface area contributed by atoms with Gasteiger partial charge in [0, 0.05) is 23.7 Å². The average Bonchev–Trinajstić information content (AvgIpc) is 3.23. The number of hydrogen-bond donors (Lipinski definition) is 0. The van der Waals surface area contributed by atoms with Crippen LogP contribution in [-0.2, 0) is 4.79 Å². The zero-order valence-electron chi connectivity index (χ0n) is 11.3. The van der Waals surface area contributed by atoms with Crippen LogP contribution in [0.5, 0.6) is 0 Å². The van der Waals surface area contributed by atoms with Crippen molar-refractivity contribution in [1.29, 1.82) is 0 Å². The maximum atomic E-state index is 12.6. The molecule has 2 aliphatic heterocycles. The molecule has 0 aromatic carbocycles. The van der Waals surface area contributed by atoms with E-state index in [1.165, 1.54) is 11.3 Å². The van der Waals surface area contributed by atoms with Crippen LogP contribution in [0.2, 0.25) is 0 Å². The maximum Gasteiger partial charge on any atom is 0.255 e. The topological polar surface area (TPSA) is 40.6 Å². The smallest absolute Gasteiger partial charge is 0.255 e. The fourth-order valence-corrected chi connectivity index (χ4v) is 4.64. The molecule has 0 bridgehead atoms. The van der Waals surface area contributed by atoms with E-state index < -0.39 is 0 Å². The Hall–Kier alpha value is -1.66. The number of fused-ring (bicyclic) bond motifs is 1. The van der Waals surface area contributed by atoms with Gasteiger partial charge in [0.25, 0.3) is 5.91 Å². The van der Waals surface area contributed by atoms with Crippen molar-refractivity contribution in [2.75, 3.05) is 11.4 Å². The molecule has 2 saturated heterocycles. The van der Waals surface area contributed by atoms with Gasteiger partial charge in [-0.05, 0) is 29.3 Å². The Bertz CT molecular complexity index is 666. The molecule has 6 heteroatoms. The average molecular weight is 318 g/mol. The van der Waals surface area contributed by atoms with Gasteiger partial charge in [0.05, 0.1) is 23.3 Å². The molecule has 2 amide bonds. The second-order valence-corrected chi connectivity index (χ2v) is 6.94. The quantitative estimate of drug-likeness (QED) is 0.854. The standard InChI is InChI=1S/C15H14N2O2S2/c18-14-7-13-12(17(14)11-3-6-21-9-11)1-4-16(13)15(19)10-2-5-20-8-10/h2-3,5-6,8-9,12-13H,1,4,7H2/t12-,13+/m0/s1. The van der Waals surface area contributed by atoms with Crippen molar-refractivity contribution in [2.24, 2.45) is 0 Å². The number of rotatable bonds is 2. The number of carbonyl (C=O) groups is 2. The molecule has 2 atom stereocenters. The first-order chi connectivity index (χ1) is 10.3. The highest BCUT2D eigenvalue weighted by molar-refractivity contribution is 7.08. The molecule has 4 heterocycles. The molecule has 0 unspecified atom stereocenters. The lowest BCUT2D eigenvalue weighted by molar-refractivity contribution is -0.117. The van der Waals surface area contributed by atoms with Crippen molar-refractivity contribution in [2.45, 2.75) is 24.9 Å². The van der Waals surface area contributed by atoms with Crippen LogP contribution in [0.4, 0.5) is 5.69 Å². The Morgan fingerprint density at radius 2 is 1.95 bits per heavy atom. The summed E-state index contributed by atoms with van der Waals surface area (Å²) in [6.45, 7) is 0.734. The minimum Gasteiger partial charge on any atom is -0.333 e. The number of amides is 2. The second-order valence-electron chi connectivity index (χ2n) is 5.38. The highest BCUT2D eigenvalue weighted by atomic mass is 32.1. The van der Waals surface area contributed by atoms with Crippen molar-refractivity contribution < 1.29 is 9.59 Å². The molecule has 4 nitrogen and oxygen atoms in total. The zero-order valence-corrected chi connectivity index (χ0v) is 12.9. The summed E-state index contributed by atoms with van der Waals surface area (Å²) in [5, 5.41) is 7.78. The predicted molar refractivity (Wildman–Crippen MR) is 84.0 cm³/mol. The Kier molecular flexibility index (Phi) is 3.08. The van der Waals surface area contributed by atoms with Gasteiger partial charge in [-0.1, -0.05) is 0 Å². The summed E-state index contributed by atoms with van der Waals surface area (Å²) in [7, 11) is 0. The Balaban J connectivity index is 1.61. The molecule has 4 rings (SSSR count). The molecule has 0 radical (unpaired) electrons. The van der Waals surface area contributed by atoms with Gasteiger partial charge in [-0.3, -0.25) is 9.59 Å². The number of hydrogen-bond acceptors (Lipinski definition) is 4. The molecule has 0 saturated carbocycles. The van der Waals surface area contributed by atoms with Crippen LogP contribution in [-0.4, -0.2) is 35.3 Å². The van der Waals surface area contributed by atoms with Crippen molar-refractivity contribution in [3.05, 3.63) is 39.2 Å². The van der Waals surface area contributed by atoms with E-state index in [2.05, 4.69) is 0 Å².